The molecule has 2 amide bonds. The summed E-state index contributed by atoms with van der Waals surface area (Å²) in [4.78, 5) is 30.4. The molecule has 5 fully saturated rings. The Morgan fingerprint density at radius 2 is 1.81 bits per heavy atom. The predicted molar refractivity (Wildman–Crippen MR) is 130 cm³/mol. The predicted octanol–water partition coefficient (Wildman–Crippen LogP) is -2.70. The van der Waals surface area contributed by atoms with Crippen molar-refractivity contribution >= 4 is 11.8 Å². The van der Waals surface area contributed by atoms with Gasteiger partial charge in [-0.25, -0.2) is 19.2 Å². The van der Waals surface area contributed by atoms with Gasteiger partial charge in [0, 0.05) is 57.8 Å². The number of carbonyl (C=O) groups is 2. The van der Waals surface area contributed by atoms with Gasteiger partial charge in [0.25, 0.3) is 0 Å². The van der Waals surface area contributed by atoms with Gasteiger partial charge >= 0.3 is 0 Å². The fourth-order valence-electron chi connectivity index (χ4n) is 6.58. The summed E-state index contributed by atoms with van der Waals surface area (Å²) in [5, 5.41) is 14.2. The van der Waals surface area contributed by atoms with E-state index in [4.69, 9.17) is 5.73 Å². The Morgan fingerprint density at radius 3 is 2.56 bits per heavy atom. The number of rotatable bonds is 4. The van der Waals surface area contributed by atoms with Gasteiger partial charge in [0.05, 0.1) is 30.3 Å². The average molecular weight is 514 g/mol. The number of hydrazine groups is 1. The number of amides is 2. The third-order valence-corrected chi connectivity index (χ3v) is 8.42. The largest absolute Gasteiger partial charge is 0.350 e. The summed E-state index contributed by atoms with van der Waals surface area (Å²) < 4.78 is 29.0. The zero-order valence-electron chi connectivity index (χ0n) is 21.0. The first-order valence-electron chi connectivity index (χ1n) is 13.4. The lowest BCUT2D eigenvalue weighted by molar-refractivity contribution is -0.138. The van der Waals surface area contributed by atoms with Crippen molar-refractivity contribution in [1.29, 1.82) is 0 Å². The number of piperazine rings is 1. The molecule has 7 unspecified atom stereocenters. The van der Waals surface area contributed by atoms with Crippen LogP contribution in [0.3, 0.4) is 0 Å². The van der Waals surface area contributed by atoms with Gasteiger partial charge in [-0.3, -0.25) is 19.8 Å². The molecule has 0 radical (unpaired) electrons. The first-order chi connectivity index (χ1) is 17.3. The Balaban J connectivity index is 1.19. The molecule has 13 heteroatoms. The SMILES string of the molecule is C[C@H]1CN(C(=O)C2CCN(C3C(F)CNCC3NC(=O)C3C(N)NN4CC(F)CNC34)CC2)CCN1. The number of hydrogen-bond acceptors (Lipinski definition) is 9. The van der Waals surface area contributed by atoms with E-state index >= 15 is 4.39 Å². The van der Waals surface area contributed by atoms with Gasteiger partial charge in [0.2, 0.25) is 11.8 Å². The molecule has 5 rings (SSSR count). The Morgan fingerprint density at radius 1 is 1.03 bits per heavy atom. The van der Waals surface area contributed by atoms with Crippen LogP contribution in [0.2, 0.25) is 0 Å². The molecule has 8 atom stereocenters. The number of likely N-dealkylation sites (tertiary alicyclic amines) is 1. The molecule has 5 aliphatic heterocycles. The molecule has 0 saturated carbocycles. The molecular formula is C23H41F2N9O2. The fraction of sp³-hybridized carbons (Fsp3) is 0.913. The number of nitrogens with zero attached hydrogens (tertiary/aromatic N) is 3. The first-order valence-corrected chi connectivity index (χ1v) is 13.4. The Bertz CT molecular complexity index is 802. The summed E-state index contributed by atoms with van der Waals surface area (Å²) in [6, 6.07) is -0.602. The van der Waals surface area contributed by atoms with E-state index in [2.05, 4.69) is 38.5 Å². The molecule has 5 saturated heterocycles. The third-order valence-electron chi connectivity index (χ3n) is 8.42. The summed E-state index contributed by atoms with van der Waals surface area (Å²) >= 11 is 0. The summed E-state index contributed by atoms with van der Waals surface area (Å²) in [6.07, 6.45) is -1.85. The second-order valence-electron chi connectivity index (χ2n) is 11.0. The Hall–Kier alpha value is -1.48. The molecule has 0 aromatic carbocycles. The van der Waals surface area contributed by atoms with E-state index in [1.165, 1.54) is 0 Å². The van der Waals surface area contributed by atoms with Crippen LogP contribution in [-0.4, -0.2) is 128 Å². The second kappa shape index (κ2) is 11.1. The van der Waals surface area contributed by atoms with Crippen LogP contribution in [0.25, 0.3) is 0 Å². The van der Waals surface area contributed by atoms with Crippen LogP contribution in [0.15, 0.2) is 0 Å². The smallest absolute Gasteiger partial charge is 0.229 e. The van der Waals surface area contributed by atoms with Gasteiger partial charge in [-0.15, -0.1) is 0 Å². The van der Waals surface area contributed by atoms with Crippen LogP contribution in [0, 0.1) is 11.8 Å². The van der Waals surface area contributed by atoms with Crippen LogP contribution in [0.5, 0.6) is 0 Å². The van der Waals surface area contributed by atoms with Crippen LogP contribution in [0.4, 0.5) is 8.78 Å². The molecule has 0 aliphatic carbocycles. The fourth-order valence-corrected chi connectivity index (χ4v) is 6.58. The zero-order valence-corrected chi connectivity index (χ0v) is 21.0. The topological polar surface area (TPSA) is 130 Å². The molecular weight excluding hydrogens is 472 g/mol. The van der Waals surface area contributed by atoms with E-state index in [9.17, 15) is 14.0 Å². The highest BCUT2D eigenvalue weighted by Crippen LogP contribution is 2.27. The third kappa shape index (κ3) is 5.38. The summed E-state index contributed by atoms with van der Waals surface area (Å²) in [7, 11) is 0. The first kappa shape index (κ1) is 26.1. The lowest BCUT2D eigenvalue weighted by atomic mass is 9.89. The van der Waals surface area contributed by atoms with Crippen molar-refractivity contribution in [2.24, 2.45) is 17.6 Å². The minimum atomic E-state index is -1.14. The van der Waals surface area contributed by atoms with Crippen molar-refractivity contribution in [3.63, 3.8) is 0 Å². The maximum absolute atomic E-state index is 15.3. The summed E-state index contributed by atoms with van der Waals surface area (Å²) in [5.74, 6) is -0.721. The monoisotopic (exact) mass is 513 g/mol. The average Bonchev–Trinajstić information content (AvgIpc) is 3.18. The number of fused-ring (bicyclic) bond motifs is 1. The number of alkyl halides is 2. The standard InChI is InChI=1S/C23H41F2N9O2/c1-13-11-33(7-4-28-13)23(36)14-2-5-32(6-3-14)19-16(25)9-27-10-17(19)30-22(35)18-20(26)31-34-12-15(24)8-29-21(18)34/h13-21,27-29,31H,2-12,26H2,1H3,(H,30,35)/t13-,15?,16?,17?,18?,19?,20?,21?/m0/s1. The van der Waals surface area contributed by atoms with Crippen LogP contribution >= 0.6 is 0 Å². The van der Waals surface area contributed by atoms with E-state index in [-0.39, 0.29) is 37.4 Å². The molecule has 0 aromatic rings. The highest BCUT2D eigenvalue weighted by Gasteiger charge is 2.48. The minimum Gasteiger partial charge on any atom is -0.350 e. The molecule has 0 aromatic heterocycles. The lowest BCUT2D eigenvalue weighted by Crippen LogP contribution is -2.67. The molecule has 5 heterocycles. The number of piperidine rings is 2. The minimum absolute atomic E-state index is 0.0374. The van der Waals surface area contributed by atoms with Crippen molar-refractivity contribution in [2.45, 2.75) is 62.6 Å². The highest BCUT2D eigenvalue weighted by atomic mass is 19.1. The molecule has 7 N–H and O–H groups in total. The van der Waals surface area contributed by atoms with Crippen molar-refractivity contribution in [2.75, 3.05) is 58.9 Å². The molecule has 36 heavy (non-hydrogen) atoms. The van der Waals surface area contributed by atoms with E-state index in [0.717, 1.165) is 19.6 Å². The number of hydrogen-bond donors (Lipinski definition) is 6. The van der Waals surface area contributed by atoms with Crippen molar-refractivity contribution in [1.82, 2.24) is 41.5 Å². The van der Waals surface area contributed by atoms with Gasteiger partial charge < -0.3 is 26.6 Å². The zero-order chi connectivity index (χ0) is 25.4. The Labute approximate surface area is 211 Å². The maximum atomic E-state index is 15.3. The quantitative estimate of drug-likeness (QED) is 0.238. The van der Waals surface area contributed by atoms with Gasteiger partial charge in [-0.05, 0) is 32.9 Å². The van der Waals surface area contributed by atoms with E-state index in [1.807, 2.05) is 4.90 Å². The van der Waals surface area contributed by atoms with Gasteiger partial charge in [0.1, 0.15) is 12.3 Å². The second-order valence-corrected chi connectivity index (χ2v) is 11.0. The van der Waals surface area contributed by atoms with Crippen molar-refractivity contribution < 1.29 is 18.4 Å². The number of carbonyl (C=O) groups excluding carboxylic acids is 2. The van der Waals surface area contributed by atoms with Gasteiger partial charge in [0.15, 0.2) is 0 Å². The molecule has 11 nitrogen and oxygen atoms in total. The molecule has 5 aliphatic rings. The molecule has 204 valence electrons. The van der Waals surface area contributed by atoms with Gasteiger partial charge in [-0.1, -0.05) is 0 Å². The maximum Gasteiger partial charge on any atom is 0.229 e. The molecule has 0 bridgehead atoms. The summed E-state index contributed by atoms with van der Waals surface area (Å²) in [5.41, 5.74) is 9.18. The van der Waals surface area contributed by atoms with Crippen LogP contribution in [0.1, 0.15) is 19.8 Å². The van der Waals surface area contributed by atoms with Crippen molar-refractivity contribution in [3.05, 3.63) is 0 Å². The highest BCUT2D eigenvalue weighted by molar-refractivity contribution is 5.81. The number of nitrogens with two attached hydrogens (primary N) is 1. The van der Waals surface area contributed by atoms with Crippen LogP contribution in [-0.2, 0) is 9.59 Å². The lowest BCUT2D eigenvalue weighted by Gasteiger charge is -2.45. The van der Waals surface area contributed by atoms with Crippen molar-refractivity contribution in [3.8, 4) is 0 Å². The van der Waals surface area contributed by atoms with Crippen LogP contribution < -0.4 is 32.4 Å². The molecule has 0 spiro atoms. The summed E-state index contributed by atoms with van der Waals surface area (Å²) in [6.45, 7) is 6.62. The number of halogens is 2. The normalized spacial score (nSPS) is 41.2. The van der Waals surface area contributed by atoms with E-state index < -0.39 is 42.7 Å². The van der Waals surface area contributed by atoms with Gasteiger partial charge in [-0.2, -0.15) is 0 Å². The van der Waals surface area contributed by atoms with E-state index in [0.29, 0.717) is 38.5 Å². The Kier molecular flexibility index (Phi) is 8.06. The number of nitrogens with one attached hydrogen (secondary N) is 5. The van der Waals surface area contributed by atoms with E-state index in [1.54, 1.807) is 5.01 Å².